The molecule has 100 valence electrons. The predicted octanol–water partition coefficient (Wildman–Crippen LogP) is 1.31. The number of phenolic OH excluding ortho intramolecular Hbond substituents is 1. The SMILES string of the molecule is O=c1cc(-c2nc(=S)[nH][nH]c2=O)c2ccc(O)cc2o1. The Hall–Kier alpha value is -2.74. The number of fused-ring (bicyclic) bond motifs is 1. The maximum Gasteiger partial charge on any atom is 0.336 e. The first-order valence-corrected chi connectivity index (χ1v) is 5.92. The molecule has 2 aromatic heterocycles. The predicted molar refractivity (Wildman–Crippen MR) is 73.2 cm³/mol. The van der Waals surface area contributed by atoms with Crippen LogP contribution in [0.4, 0.5) is 0 Å². The lowest BCUT2D eigenvalue weighted by Crippen LogP contribution is -2.14. The van der Waals surface area contributed by atoms with Crippen LogP contribution in [-0.2, 0) is 0 Å². The topological polar surface area (TPSA) is 112 Å². The van der Waals surface area contributed by atoms with Crippen LogP contribution in [0.5, 0.6) is 5.75 Å². The van der Waals surface area contributed by atoms with Crippen molar-refractivity contribution >= 4 is 23.2 Å². The van der Waals surface area contributed by atoms with Crippen LogP contribution in [0.3, 0.4) is 0 Å². The van der Waals surface area contributed by atoms with E-state index < -0.39 is 11.2 Å². The number of aromatic amines is 2. The van der Waals surface area contributed by atoms with E-state index in [-0.39, 0.29) is 27.4 Å². The van der Waals surface area contributed by atoms with E-state index in [0.29, 0.717) is 5.39 Å². The molecule has 0 saturated carbocycles. The van der Waals surface area contributed by atoms with Crippen LogP contribution >= 0.6 is 12.2 Å². The second-order valence-electron chi connectivity index (χ2n) is 4.00. The molecule has 8 heteroatoms. The fraction of sp³-hybridized carbons (Fsp3) is 0. The van der Waals surface area contributed by atoms with E-state index in [4.69, 9.17) is 16.6 Å². The highest BCUT2D eigenvalue weighted by Crippen LogP contribution is 2.26. The van der Waals surface area contributed by atoms with E-state index in [9.17, 15) is 14.7 Å². The quantitative estimate of drug-likeness (QED) is 0.460. The molecule has 0 aliphatic rings. The monoisotopic (exact) mass is 289 g/mol. The maximum absolute atomic E-state index is 11.8. The van der Waals surface area contributed by atoms with Crippen LogP contribution in [0.2, 0.25) is 0 Å². The Balaban J connectivity index is 2.47. The van der Waals surface area contributed by atoms with E-state index in [0.717, 1.165) is 6.07 Å². The van der Waals surface area contributed by atoms with Crippen LogP contribution in [0.25, 0.3) is 22.2 Å². The molecule has 0 aliphatic carbocycles. The van der Waals surface area contributed by atoms with Crippen molar-refractivity contribution < 1.29 is 9.52 Å². The van der Waals surface area contributed by atoms with Crippen molar-refractivity contribution in [3.05, 3.63) is 49.8 Å². The molecule has 3 rings (SSSR count). The molecule has 3 N–H and O–H groups in total. The largest absolute Gasteiger partial charge is 0.508 e. The Morgan fingerprint density at radius 1 is 1.20 bits per heavy atom. The number of phenols is 1. The summed E-state index contributed by atoms with van der Waals surface area (Å²) in [5.41, 5.74) is -0.709. The van der Waals surface area contributed by atoms with Crippen molar-refractivity contribution in [2.75, 3.05) is 0 Å². The van der Waals surface area contributed by atoms with Gasteiger partial charge in [0.2, 0.25) is 4.77 Å². The summed E-state index contributed by atoms with van der Waals surface area (Å²) in [6, 6.07) is 5.40. The third-order valence-electron chi connectivity index (χ3n) is 2.69. The minimum absolute atomic E-state index is 0.0114. The average molecular weight is 289 g/mol. The summed E-state index contributed by atoms with van der Waals surface area (Å²) in [6.07, 6.45) is 0. The molecule has 2 heterocycles. The number of hydrogen-bond donors (Lipinski definition) is 3. The van der Waals surface area contributed by atoms with Crippen molar-refractivity contribution in [3.63, 3.8) is 0 Å². The third-order valence-corrected chi connectivity index (χ3v) is 2.89. The first-order valence-electron chi connectivity index (χ1n) is 5.51. The average Bonchev–Trinajstić information content (AvgIpc) is 2.40. The molecular formula is C12H7N3O4S. The van der Waals surface area contributed by atoms with Crippen molar-refractivity contribution in [3.8, 4) is 17.0 Å². The van der Waals surface area contributed by atoms with E-state index in [1.165, 1.54) is 18.2 Å². The van der Waals surface area contributed by atoms with E-state index in [1.807, 2.05) is 0 Å². The normalized spacial score (nSPS) is 10.8. The van der Waals surface area contributed by atoms with Crippen LogP contribution in [0, 0.1) is 4.77 Å². The van der Waals surface area contributed by atoms with Gasteiger partial charge in [0, 0.05) is 23.1 Å². The number of nitrogens with one attached hydrogen (secondary N) is 2. The molecule has 7 nitrogen and oxygen atoms in total. The van der Waals surface area contributed by atoms with Gasteiger partial charge in [0.05, 0.1) is 0 Å². The first kappa shape index (κ1) is 12.3. The van der Waals surface area contributed by atoms with Crippen LogP contribution in [0.15, 0.2) is 38.3 Å². The zero-order chi connectivity index (χ0) is 14.3. The fourth-order valence-electron chi connectivity index (χ4n) is 1.88. The number of benzene rings is 1. The van der Waals surface area contributed by atoms with E-state index >= 15 is 0 Å². The molecule has 0 atom stereocenters. The van der Waals surface area contributed by atoms with Crippen LogP contribution < -0.4 is 11.2 Å². The lowest BCUT2D eigenvalue weighted by atomic mass is 10.1. The summed E-state index contributed by atoms with van der Waals surface area (Å²) < 4.78 is 5.07. The van der Waals surface area contributed by atoms with Gasteiger partial charge in [-0.3, -0.25) is 15.0 Å². The van der Waals surface area contributed by atoms with E-state index in [2.05, 4.69) is 15.2 Å². The number of nitrogens with zero attached hydrogens (tertiary/aromatic N) is 1. The summed E-state index contributed by atoms with van der Waals surface area (Å²) in [5, 5.41) is 14.6. The van der Waals surface area contributed by atoms with Gasteiger partial charge in [-0.05, 0) is 24.4 Å². The maximum atomic E-state index is 11.8. The molecular weight excluding hydrogens is 282 g/mol. The van der Waals surface area contributed by atoms with Gasteiger partial charge in [0.1, 0.15) is 17.0 Å². The smallest absolute Gasteiger partial charge is 0.336 e. The zero-order valence-corrected chi connectivity index (χ0v) is 10.7. The van der Waals surface area contributed by atoms with Crippen molar-refractivity contribution in [2.45, 2.75) is 0 Å². The Bertz CT molecular complexity index is 986. The van der Waals surface area contributed by atoms with E-state index in [1.54, 1.807) is 0 Å². The second kappa shape index (κ2) is 4.42. The number of rotatable bonds is 1. The molecule has 3 aromatic rings. The molecule has 0 aliphatic heterocycles. The zero-order valence-electron chi connectivity index (χ0n) is 9.84. The molecule has 0 unspecified atom stereocenters. The lowest BCUT2D eigenvalue weighted by molar-refractivity contribution is 0.473. The molecule has 20 heavy (non-hydrogen) atoms. The molecule has 0 saturated heterocycles. The van der Waals surface area contributed by atoms with Crippen molar-refractivity contribution in [2.24, 2.45) is 0 Å². The number of aromatic hydroxyl groups is 1. The molecule has 0 spiro atoms. The minimum atomic E-state index is -0.655. The summed E-state index contributed by atoms with van der Waals surface area (Å²) in [7, 11) is 0. The molecule has 0 radical (unpaired) electrons. The molecule has 0 amide bonds. The van der Waals surface area contributed by atoms with Crippen molar-refractivity contribution in [1.82, 2.24) is 15.2 Å². The highest BCUT2D eigenvalue weighted by Gasteiger charge is 2.13. The Labute approximate surface area is 115 Å². The standard InChI is InChI=1S/C12H7N3O4S/c16-5-1-2-6-7(4-9(17)19-8(6)3-5)10-11(18)14-15-12(20)13-10/h1-4,16H,(H,14,18)(H,13,15,20). The van der Waals surface area contributed by atoms with Gasteiger partial charge in [-0.15, -0.1) is 0 Å². The molecule has 0 bridgehead atoms. The lowest BCUT2D eigenvalue weighted by Gasteiger charge is -2.04. The van der Waals surface area contributed by atoms with Gasteiger partial charge in [0.25, 0.3) is 5.56 Å². The van der Waals surface area contributed by atoms with Crippen molar-refractivity contribution in [1.29, 1.82) is 0 Å². The highest BCUT2D eigenvalue weighted by atomic mass is 32.1. The van der Waals surface area contributed by atoms with Gasteiger partial charge >= 0.3 is 5.63 Å². The summed E-state index contributed by atoms with van der Waals surface area (Å²) in [6.45, 7) is 0. The summed E-state index contributed by atoms with van der Waals surface area (Å²) in [4.78, 5) is 27.3. The minimum Gasteiger partial charge on any atom is -0.508 e. The first-order chi connectivity index (χ1) is 9.54. The van der Waals surface area contributed by atoms with Crippen LogP contribution in [0.1, 0.15) is 0 Å². The number of H-pyrrole nitrogens is 2. The van der Waals surface area contributed by atoms with Crippen LogP contribution in [-0.4, -0.2) is 20.3 Å². The summed E-state index contributed by atoms with van der Waals surface area (Å²) >= 11 is 4.86. The van der Waals surface area contributed by atoms with Gasteiger partial charge in [0.15, 0.2) is 0 Å². The third kappa shape index (κ3) is 2.01. The molecule has 0 fully saturated rings. The van der Waals surface area contributed by atoms with Gasteiger partial charge < -0.3 is 9.52 Å². The fourth-order valence-corrected chi connectivity index (χ4v) is 2.02. The second-order valence-corrected chi connectivity index (χ2v) is 4.39. The Morgan fingerprint density at radius 2 is 2.00 bits per heavy atom. The Morgan fingerprint density at radius 3 is 2.80 bits per heavy atom. The van der Waals surface area contributed by atoms with Gasteiger partial charge in [-0.25, -0.2) is 9.78 Å². The van der Waals surface area contributed by atoms with Gasteiger partial charge in [-0.2, -0.15) is 0 Å². The highest BCUT2D eigenvalue weighted by molar-refractivity contribution is 7.71. The Kier molecular flexibility index (Phi) is 2.72. The number of aromatic nitrogens is 3. The number of hydrogen-bond acceptors (Lipinski definition) is 6. The van der Waals surface area contributed by atoms with Gasteiger partial charge in [-0.1, -0.05) is 0 Å². The summed E-state index contributed by atoms with van der Waals surface area (Å²) in [5.74, 6) is -0.0509. The molecule has 1 aromatic carbocycles.